The van der Waals surface area contributed by atoms with Crippen LogP contribution in [0.5, 0.6) is 0 Å². The second kappa shape index (κ2) is 13.9. The van der Waals surface area contributed by atoms with Crippen molar-refractivity contribution in [3.63, 3.8) is 0 Å². The summed E-state index contributed by atoms with van der Waals surface area (Å²) in [5.41, 5.74) is 11.2. The zero-order chi connectivity index (χ0) is 42.3. The summed E-state index contributed by atoms with van der Waals surface area (Å²) in [4.78, 5) is 0. The fourth-order valence-corrected chi connectivity index (χ4v) is 9.92. The number of halogens is 2. The molecule has 0 saturated carbocycles. The molecule has 0 aliphatic rings. The molecule has 5 nitrogen and oxygen atoms in total. The van der Waals surface area contributed by atoms with E-state index in [1.807, 2.05) is 109 Å². The normalized spacial score (nSPS) is 11.6. The fourth-order valence-electron chi connectivity index (χ4n) is 9.92. The van der Waals surface area contributed by atoms with Crippen molar-refractivity contribution >= 4 is 65.4 Å². The van der Waals surface area contributed by atoms with E-state index in [2.05, 4.69) is 68.3 Å². The van der Waals surface area contributed by atoms with Gasteiger partial charge in [0.2, 0.25) is 0 Å². The Bertz CT molecular complexity index is 3960. The minimum absolute atomic E-state index is 0.316. The summed E-state index contributed by atoms with van der Waals surface area (Å²) in [6, 6.07) is 64.7. The van der Waals surface area contributed by atoms with E-state index < -0.39 is 0 Å². The van der Waals surface area contributed by atoms with Gasteiger partial charge in [0.25, 0.3) is 0 Å². The van der Waals surface area contributed by atoms with Gasteiger partial charge in [-0.05, 0) is 84.4 Å². The number of fused-ring (bicyclic) bond motifs is 9. The number of rotatable bonds is 5. The van der Waals surface area contributed by atoms with Crippen LogP contribution in [0.4, 0.5) is 8.78 Å². The highest BCUT2D eigenvalue weighted by Gasteiger charge is 2.33. The predicted molar refractivity (Wildman–Crippen MR) is 250 cm³/mol. The first-order chi connectivity index (χ1) is 31.0. The number of aromatic nitrogens is 3. The highest BCUT2D eigenvalue weighted by molar-refractivity contribution is 6.26. The molecule has 9 aromatic carbocycles. The van der Waals surface area contributed by atoms with E-state index in [4.69, 9.17) is 0 Å². The smallest absolute Gasteiger partial charge is 0.123 e. The van der Waals surface area contributed by atoms with Gasteiger partial charge in [-0.25, -0.2) is 8.78 Å². The van der Waals surface area contributed by atoms with E-state index in [9.17, 15) is 10.5 Å². The van der Waals surface area contributed by atoms with Crippen molar-refractivity contribution in [2.24, 2.45) is 0 Å². The zero-order valence-corrected chi connectivity index (χ0v) is 33.4. The SMILES string of the molecule is N#Cc1ccc(-c2c(-n3c4ccccc4c4cc(F)ccc43)c(-n3c4ccccc4c4cc(F)ccc43)c(-c3ccccc3)c3c4ccccc4n(-c4ccccc4)c23)c(C#N)c1. The first-order valence-electron chi connectivity index (χ1n) is 20.6. The van der Waals surface area contributed by atoms with Gasteiger partial charge < -0.3 is 13.7 Å². The van der Waals surface area contributed by atoms with Crippen molar-refractivity contribution in [2.45, 2.75) is 0 Å². The van der Waals surface area contributed by atoms with Crippen LogP contribution in [-0.2, 0) is 0 Å². The van der Waals surface area contributed by atoms with Gasteiger partial charge in [0.1, 0.15) is 11.6 Å². The second-order valence-electron chi connectivity index (χ2n) is 15.7. The maximum Gasteiger partial charge on any atom is 0.123 e. The molecule has 0 unspecified atom stereocenters. The van der Waals surface area contributed by atoms with Gasteiger partial charge in [-0.2, -0.15) is 10.5 Å². The topological polar surface area (TPSA) is 62.4 Å². The highest BCUT2D eigenvalue weighted by Crippen LogP contribution is 2.53. The standard InChI is InChI=1S/C56H31F2N5/c57-37-24-27-49-44(30-37)41-17-7-10-20-46(41)62(49)55-51(35-13-3-1-4-14-35)52-43-19-9-12-22-48(43)61(39-15-5-2-6-16-39)54(52)53(40-26-23-34(32-59)29-36(40)33-60)56(55)63-47-21-11-8-18-42(47)45-31-38(58)25-28-50(45)63/h1-31H. The number of nitrogens with zero attached hydrogens (tertiary/aromatic N) is 5. The molecule has 7 heteroatoms. The Morgan fingerprint density at radius 2 is 0.889 bits per heavy atom. The first-order valence-corrected chi connectivity index (χ1v) is 20.6. The van der Waals surface area contributed by atoms with Crippen LogP contribution in [0.3, 0.4) is 0 Å². The Hall–Kier alpha value is -8.78. The predicted octanol–water partition coefficient (Wildman–Crippen LogP) is 14.3. The van der Waals surface area contributed by atoms with Crippen LogP contribution in [0.1, 0.15) is 11.1 Å². The van der Waals surface area contributed by atoms with Crippen molar-refractivity contribution in [1.82, 2.24) is 13.7 Å². The van der Waals surface area contributed by atoms with E-state index in [1.54, 1.807) is 24.3 Å². The summed E-state index contributed by atoms with van der Waals surface area (Å²) in [5, 5.41) is 26.4. The van der Waals surface area contributed by atoms with Crippen LogP contribution < -0.4 is 0 Å². The Labute approximate surface area is 359 Å². The Morgan fingerprint density at radius 3 is 1.46 bits per heavy atom. The monoisotopic (exact) mass is 811 g/mol. The van der Waals surface area contributed by atoms with Crippen molar-refractivity contribution in [1.29, 1.82) is 10.5 Å². The first kappa shape index (κ1) is 36.1. The van der Waals surface area contributed by atoms with Crippen molar-refractivity contribution in [2.75, 3.05) is 0 Å². The van der Waals surface area contributed by atoms with Crippen molar-refractivity contribution in [3.8, 4) is 51.5 Å². The molecule has 0 spiro atoms. The molecule has 0 bridgehead atoms. The van der Waals surface area contributed by atoms with Crippen LogP contribution in [-0.4, -0.2) is 13.7 Å². The third-order valence-corrected chi connectivity index (χ3v) is 12.4. The lowest BCUT2D eigenvalue weighted by molar-refractivity contribution is 0.629. The summed E-state index contributed by atoms with van der Waals surface area (Å²) in [5.74, 6) is -0.713. The van der Waals surface area contributed by atoms with Gasteiger partial charge in [0.05, 0.1) is 67.7 Å². The minimum Gasteiger partial charge on any atom is -0.309 e. The van der Waals surface area contributed by atoms with E-state index in [1.165, 1.54) is 12.1 Å². The summed E-state index contributed by atoms with van der Waals surface area (Å²) in [7, 11) is 0. The summed E-state index contributed by atoms with van der Waals surface area (Å²) in [6.45, 7) is 0. The Balaban J connectivity index is 1.49. The van der Waals surface area contributed by atoms with Gasteiger partial charge in [0.15, 0.2) is 0 Å². The largest absolute Gasteiger partial charge is 0.309 e. The second-order valence-corrected chi connectivity index (χ2v) is 15.7. The third-order valence-electron chi connectivity index (χ3n) is 12.4. The van der Waals surface area contributed by atoms with Crippen LogP contribution in [0.15, 0.2) is 188 Å². The van der Waals surface area contributed by atoms with Gasteiger partial charge >= 0.3 is 0 Å². The minimum atomic E-state index is -0.362. The van der Waals surface area contributed by atoms with Crippen molar-refractivity contribution < 1.29 is 8.78 Å². The third kappa shape index (κ3) is 5.24. The molecule has 294 valence electrons. The maximum atomic E-state index is 15.5. The fraction of sp³-hybridized carbons (Fsp3) is 0. The number of para-hydroxylation sites is 4. The molecular weight excluding hydrogens is 781 g/mol. The molecule has 0 saturated heterocycles. The molecule has 12 aromatic rings. The molecule has 0 atom stereocenters. The number of hydrogen-bond acceptors (Lipinski definition) is 2. The lowest BCUT2D eigenvalue weighted by Gasteiger charge is -2.27. The van der Waals surface area contributed by atoms with Gasteiger partial charge in [-0.15, -0.1) is 0 Å². The zero-order valence-electron chi connectivity index (χ0n) is 33.4. The highest BCUT2D eigenvalue weighted by atomic mass is 19.1. The summed E-state index contributed by atoms with van der Waals surface area (Å²) < 4.78 is 37.7. The Kier molecular flexibility index (Phi) is 7.96. The number of nitriles is 2. The van der Waals surface area contributed by atoms with E-state index in [0.717, 1.165) is 93.5 Å². The van der Waals surface area contributed by atoms with Crippen LogP contribution >= 0.6 is 0 Å². The average Bonchev–Trinajstić information content (AvgIpc) is 3.96. The van der Waals surface area contributed by atoms with Gasteiger partial charge in [0, 0.05) is 54.7 Å². The van der Waals surface area contributed by atoms with E-state index >= 15 is 8.78 Å². The molecule has 0 aliphatic carbocycles. The molecule has 0 amide bonds. The number of hydrogen-bond donors (Lipinski definition) is 0. The average molecular weight is 812 g/mol. The number of benzene rings is 9. The maximum absolute atomic E-state index is 15.5. The van der Waals surface area contributed by atoms with Crippen LogP contribution in [0, 0.1) is 34.3 Å². The molecule has 63 heavy (non-hydrogen) atoms. The van der Waals surface area contributed by atoms with Gasteiger partial charge in [-0.3, -0.25) is 0 Å². The molecule has 0 radical (unpaired) electrons. The molecule has 0 N–H and O–H groups in total. The van der Waals surface area contributed by atoms with Crippen LogP contribution in [0.2, 0.25) is 0 Å². The molecule has 3 aromatic heterocycles. The summed E-state index contributed by atoms with van der Waals surface area (Å²) in [6.07, 6.45) is 0. The Morgan fingerprint density at radius 1 is 0.397 bits per heavy atom. The molecule has 3 heterocycles. The summed E-state index contributed by atoms with van der Waals surface area (Å²) >= 11 is 0. The van der Waals surface area contributed by atoms with E-state index in [-0.39, 0.29) is 11.6 Å². The lowest BCUT2D eigenvalue weighted by atomic mass is 9.88. The van der Waals surface area contributed by atoms with Crippen LogP contribution in [0.25, 0.3) is 105 Å². The molecule has 12 rings (SSSR count). The van der Waals surface area contributed by atoms with Crippen molar-refractivity contribution in [3.05, 3.63) is 211 Å². The lowest BCUT2D eigenvalue weighted by Crippen LogP contribution is -2.10. The molecule has 0 aliphatic heterocycles. The van der Waals surface area contributed by atoms with Gasteiger partial charge in [-0.1, -0.05) is 109 Å². The van der Waals surface area contributed by atoms with E-state index in [0.29, 0.717) is 22.4 Å². The molecule has 0 fully saturated rings. The molecular formula is C56H31F2N5. The quantitative estimate of drug-likeness (QED) is 0.174.